The van der Waals surface area contributed by atoms with Gasteiger partial charge >= 0.3 is 0 Å². The molecule has 0 atom stereocenters. The standard InChI is InChI=1S/C27H30N6/c1-7-28-8-2-22(1)16-31-19-25-13-26(20-32-17-23-3-9-29-10-4-23)15-27(14-25)21-33-18-24-5-11-30-12-6-24/h1-15,31-33H,16-21H2. The number of aromatic nitrogens is 3. The predicted octanol–water partition coefficient (Wildman–Crippen LogP) is 3.74. The summed E-state index contributed by atoms with van der Waals surface area (Å²) in [4.78, 5) is 12.3. The van der Waals surface area contributed by atoms with Crippen molar-refractivity contribution in [3.63, 3.8) is 0 Å². The highest BCUT2D eigenvalue weighted by atomic mass is 14.9. The summed E-state index contributed by atoms with van der Waals surface area (Å²) < 4.78 is 0. The Balaban J connectivity index is 1.37. The molecule has 0 saturated carbocycles. The molecule has 0 amide bonds. The second-order valence-electron chi connectivity index (χ2n) is 8.03. The maximum atomic E-state index is 4.09. The lowest BCUT2D eigenvalue weighted by atomic mass is 10.0. The van der Waals surface area contributed by atoms with E-state index in [2.05, 4.69) is 49.1 Å². The van der Waals surface area contributed by atoms with Gasteiger partial charge in [0.1, 0.15) is 0 Å². The van der Waals surface area contributed by atoms with Gasteiger partial charge in [0, 0.05) is 76.4 Å². The highest BCUT2D eigenvalue weighted by Crippen LogP contribution is 2.12. The second kappa shape index (κ2) is 12.6. The Morgan fingerprint density at radius 1 is 0.364 bits per heavy atom. The number of nitrogens with one attached hydrogen (secondary N) is 3. The van der Waals surface area contributed by atoms with Crippen molar-refractivity contribution in [3.8, 4) is 0 Å². The molecule has 0 fully saturated rings. The van der Waals surface area contributed by atoms with Crippen LogP contribution in [0.2, 0.25) is 0 Å². The third-order valence-electron chi connectivity index (χ3n) is 5.34. The molecule has 0 aliphatic rings. The van der Waals surface area contributed by atoms with E-state index in [1.807, 2.05) is 73.6 Å². The molecule has 4 aromatic rings. The number of hydrogen-bond donors (Lipinski definition) is 3. The van der Waals surface area contributed by atoms with Crippen LogP contribution in [-0.4, -0.2) is 15.0 Å². The Morgan fingerprint density at radius 2 is 0.606 bits per heavy atom. The van der Waals surface area contributed by atoms with Crippen molar-refractivity contribution >= 4 is 0 Å². The zero-order valence-electron chi connectivity index (χ0n) is 18.7. The molecule has 0 aliphatic carbocycles. The Hall–Kier alpha value is -3.45. The first-order chi connectivity index (χ1) is 16.3. The van der Waals surface area contributed by atoms with Gasteiger partial charge in [-0.15, -0.1) is 0 Å². The molecular weight excluding hydrogens is 408 g/mol. The molecule has 33 heavy (non-hydrogen) atoms. The van der Waals surface area contributed by atoms with E-state index < -0.39 is 0 Å². The van der Waals surface area contributed by atoms with Gasteiger partial charge in [-0.05, 0) is 69.8 Å². The van der Waals surface area contributed by atoms with Gasteiger partial charge in [0.25, 0.3) is 0 Å². The summed E-state index contributed by atoms with van der Waals surface area (Å²) in [6.45, 7) is 4.92. The molecule has 4 rings (SSSR count). The number of rotatable bonds is 12. The third-order valence-corrected chi connectivity index (χ3v) is 5.34. The first-order valence-electron chi connectivity index (χ1n) is 11.3. The molecule has 0 spiro atoms. The van der Waals surface area contributed by atoms with Crippen LogP contribution in [0, 0.1) is 0 Å². The van der Waals surface area contributed by atoms with Crippen molar-refractivity contribution in [2.75, 3.05) is 0 Å². The molecule has 3 heterocycles. The van der Waals surface area contributed by atoms with E-state index in [0.717, 1.165) is 39.3 Å². The summed E-state index contributed by atoms with van der Waals surface area (Å²) >= 11 is 0. The summed E-state index contributed by atoms with van der Waals surface area (Å²) in [5.74, 6) is 0. The molecule has 0 unspecified atom stereocenters. The van der Waals surface area contributed by atoms with Crippen molar-refractivity contribution in [2.24, 2.45) is 0 Å². The van der Waals surface area contributed by atoms with Gasteiger partial charge in [-0.25, -0.2) is 0 Å². The van der Waals surface area contributed by atoms with Crippen LogP contribution in [-0.2, 0) is 39.3 Å². The van der Waals surface area contributed by atoms with Crippen LogP contribution >= 0.6 is 0 Å². The zero-order valence-corrected chi connectivity index (χ0v) is 18.7. The smallest absolute Gasteiger partial charge is 0.0271 e. The first-order valence-corrected chi connectivity index (χ1v) is 11.3. The molecular formula is C27H30N6. The Bertz CT molecular complexity index is 933. The van der Waals surface area contributed by atoms with E-state index in [9.17, 15) is 0 Å². The molecule has 0 saturated heterocycles. The Morgan fingerprint density at radius 3 is 0.879 bits per heavy atom. The molecule has 6 nitrogen and oxygen atoms in total. The van der Waals surface area contributed by atoms with Gasteiger partial charge < -0.3 is 16.0 Å². The molecule has 0 bridgehead atoms. The number of nitrogens with zero attached hydrogens (tertiary/aromatic N) is 3. The van der Waals surface area contributed by atoms with E-state index in [1.54, 1.807) is 0 Å². The summed E-state index contributed by atoms with van der Waals surface area (Å²) in [7, 11) is 0. The van der Waals surface area contributed by atoms with E-state index in [0.29, 0.717) is 0 Å². The minimum absolute atomic E-state index is 0.817. The van der Waals surface area contributed by atoms with Crippen LogP contribution < -0.4 is 16.0 Å². The van der Waals surface area contributed by atoms with E-state index in [1.165, 1.54) is 33.4 Å². The second-order valence-corrected chi connectivity index (χ2v) is 8.03. The summed E-state index contributed by atoms with van der Waals surface area (Å²) in [6.07, 6.45) is 11.0. The lowest BCUT2D eigenvalue weighted by Crippen LogP contribution is -2.17. The van der Waals surface area contributed by atoms with Gasteiger partial charge in [-0.2, -0.15) is 0 Å². The van der Waals surface area contributed by atoms with Gasteiger partial charge in [-0.3, -0.25) is 15.0 Å². The Labute approximate surface area is 195 Å². The largest absolute Gasteiger partial charge is 0.309 e. The average Bonchev–Trinajstić information content (AvgIpc) is 2.86. The molecule has 3 aromatic heterocycles. The Kier molecular flexibility index (Phi) is 8.65. The van der Waals surface area contributed by atoms with Crippen LogP contribution in [0.4, 0.5) is 0 Å². The van der Waals surface area contributed by atoms with Crippen molar-refractivity contribution < 1.29 is 0 Å². The predicted molar refractivity (Wildman–Crippen MR) is 131 cm³/mol. The molecule has 3 N–H and O–H groups in total. The topological polar surface area (TPSA) is 74.8 Å². The van der Waals surface area contributed by atoms with Crippen molar-refractivity contribution in [3.05, 3.63) is 125 Å². The fourth-order valence-corrected chi connectivity index (χ4v) is 3.70. The van der Waals surface area contributed by atoms with E-state index >= 15 is 0 Å². The van der Waals surface area contributed by atoms with Gasteiger partial charge in [-0.1, -0.05) is 18.2 Å². The maximum Gasteiger partial charge on any atom is 0.0271 e. The normalized spacial score (nSPS) is 10.9. The number of benzene rings is 1. The van der Waals surface area contributed by atoms with E-state index in [4.69, 9.17) is 0 Å². The third kappa shape index (κ3) is 7.88. The van der Waals surface area contributed by atoms with Crippen molar-refractivity contribution in [1.29, 1.82) is 0 Å². The number of pyridine rings is 3. The van der Waals surface area contributed by atoms with Gasteiger partial charge in [0.05, 0.1) is 0 Å². The van der Waals surface area contributed by atoms with Crippen LogP contribution in [0.1, 0.15) is 33.4 Å². The highest BCUT2D eigenvalue weighted by molar-refractivity contribution is 5.30. The van der Waals surface area contributed by atoms with Gasteiger partial charge in [0.2, 0.25) is 0 Å². The molecule has 6 heteroatoms. The van der Waals surface area contributed by atoms with Crippen LogP contribution in [0.5, 0.6) is 0 Å². The maximum absolute atomic E-state index is 4.09. The molecule has 0 aliphatic heterocycles. The fraction of sp³-hybridized carbons (Fsp3) is 0.222. The van der Waals surface area contributed by atoms with Crippen molar-refractivity contribution in [1.82, 2.24) is 30.9 Å². The fourth-order valence-electron chi connectivity index (χ4n) is 3.70. The first kappa shape index (κ1) is 22.7. The van der Waals surface area contributed by atoms with Crippen LogP contribution in [0.3, 0.4) is 0 Å². The summed E-state index contributed by atoms with van der Waals surface area (Å²) in [5.41, 5.74) is 7.56. The van der Waals surface area contributed by atoms with Gasteiger partial charge in [0.15, 0.2) is 0 Å². The highest BCUT2D eigenvalue weighted by Gasteiger charge is 2.04. The number of hydrogen-bond acceptors (Lipinski definition) is 6. The minimum atomic E-state index is 0.817. The molecule has 0 radical (unpaired) electrons. The van der Waals surface area contributed by atoms with Crippen molar-refractivity contribution in [2.45, 2.75) is 39.3 Å². The average molecular weight is 439 g/mol. The minimum Gasteiger partial charge on any atom is -0.309 e. The lowest BCUT2D eigenvalue weighted by Gasteiger charge is -2.13. The zero-order chi connectivity index (χ0) is 22.6. The molecule has 168 valence electrons. The quantitative estimate of drug-likeness (QED) is 0.313. The van der Waals surface area contributed by atoms with Crippen LogP contribution in [0.15, 0.2) is 91.8 Å². The lowest BCUT2D eigenvalue weighted by molar-refractivity contribution is 0.668. The summed E-state index contributed by atoms with van der Waals surface area (Å²) in [6, 6.07) is 19.1. The summed E-state index contributed by atoms with van der Waals surface area (Å²) in [5, 5.41) is 10.7. The SMILES string of the molecule is c1cc(CNCc2cc(CNCc3ccncc3)cc(CNCc3ccncc3)c2)ccn1. The molecule has 1 aromatic carbocycles. The monoisotopic (exact) mass is 438 g/mol. The van der Waals surface area contributed by atoms with Crippen LogP contribution in [0.25, 0.3) is 0 Å². The van der Waals surface area contributed by atoms with E-state index in [-0.39, 0.29) is 0 Å².